The first-order chi connectivity index (χ1) is 12.5. The van der Waals surface area contributed by atoms with Crippen molar-refractivity contribution in [3.63, 3.8) is 0 Å². The number of benzene rings is 1. The van der Waals surface area contributed by atoms with Gasteiger partial charge in [-0.2, -0.15) is 0 Å². The lowest BCUT2D eigenvalue weighted by Crippen LogP contribution is -2.23. The molecule has 0 unspecified atom stereocenters. The number of phenols is 1. The molecule has 0 aliphatic carbocycles. The standard InChI is InChI=1S/C22H34O5/c1-21(2,19(24)25)13-7-5-9-16-11-12-18(23)17(15-16)10-6-8-14-22(3,4)20(26)27/h11-12,15,23H,5-10,13-14H2,1-4H3,(H,24,25)(H,26,27). The van der Waals surface area contributed by atoms with E-state index in [9.17, 15) is 14.7 Å². The molecule has 5 nitrogen and oxygen atoms in total. The molecule has 27 heavy (non-hydrogen) atoms. The zero-order valence-corrected chi connectivity index (χ0v) is 17.0. The number of aromatic hydroxyl groups is 1. The first-order valence-electron chi connectivity index (χ1n) is 9.73. The Kier molecular flexibility index (Phi) is 8.32. The number of aliphatic carboxylic acids is 2. The van der Waals surface area contributed by atoms with Crippen molar-refractivity contribution in [2.45, 2.75) is 79.1 Å². The summed E-state index contributed by atoms with van der Waals surface area (Å²) in [6.07, 6.45) is 6.23. The highest BCUT2D eigenvalue weighted by Gasteiger charge is 2.26. The Labute approximate surface area is 162 Å². The molecule has 1 aromatic rings. The summed E-state index contributed by atoms with van der Waals surface area (Å²) < 4.78 is 0. The van der Waals surface area contributed by atoms with Crippen LogP contribution in [0.4, 0.5) is 0 Å². The van der Waals surface area contributed by atoms with Crippen molar-refractivity contribution < 1.29 is 24.9 Å². The Morgan fingerprint density at radius 3 is 1.78 bits per heavy atom. The predicted octanol–water partition coefficient (Wildman–Crippen LogP) is 5.04. The van der Waals surface area contributed by atoms with Gasteiger partial charge in [-0.3, -0.25) is 9.59 Å². The second-order valence-corrected chi connectivity index (χ2v) is 8.76. The van der Waals surface area contributed by atoms with Crippen molar-refractivity contribution in [2.24, 2.45) is 10.8 Å². The lowest BCUT2D eigenvalue weighted by molar-refractivity contribution is -0.148. The zero-order chi connectivity index (χ0) is 20.7. The van der Waals surface area contributed by atoms with Crippen molar-refractivity contribution in [3.8, 4) is 5.75 Å². The Bertz CT molecular complexity index is 646. The van der Waals surface area contributed by atoms with Crippen molar-refractivity contribution in [2.75, 3.05) is 0 Å². The van der Waals surface area contributed by atoms with Gasteiger partial charge in [-0.1, -0.05) is 25.0 Å². The second-order valence-electron chi connectivity index (χ2n) is 8.76. The molecular formula is C22H34O5. The molecule has 152 valence electrons. The summed E-state index contributed by atoms with van der Waals surface area (Å²) in [6, 6.07) is 5.64. The first-order valence-corrected chi connectivity index (χ1v) is 9.73. The molecule has 0 heterocycles. The number of hydrogen-bond donors (Lipinski definition) is 3. The number of phenolic OH excluding ortho intramolecular Hbond substituents is 1. The molecule has 0 aliphatic rings. The van der Waals surface area contributed by atoms with Gasteiger partial charge in [-0.25, -0.2) is 0 Å². The first kappa shape index (κ1) is 23.0. The third-order valence-corrected chi connectivity index (χ3v) is 5.32. The molecule has 0 spiro atoms. The van der Waals surface area contributed by atoms with E-state index in [1.165, 1.54) is 0 Å². The van der Waals surface area contributed by atoms with E-state index in [1.54, 1.807) is 33.8 Å². The highest BCUT2D eigenvalue weighted by Crippen LogP contribution is 2.27. The highest BCUT2D eigenvalue weighted by molar-refractivity contribution is 5.73. The number of carboxylic acids is 2. The third-order valence-electron chi connectivity index (χ3n) is 5.32. The van der Waals surface area contributed by atoms with Gasteiger partial charge in [-0.05, 0) is 83.4 Å². The lowest BCUT2D eigenvalue weighted by atomic mass is 9.86. The van der Waals surface area contributed by atoms with Crippen LogP contribution in [-0.2, 0) is 22.4 Å². The van der Waals surface area contributed by atoms with Crippen LogP contribution in [0.2, 0.25) is 0 Å². The predicted molar refractivity (Wildman–Crippen MR) is 106 cm³/mol. The van der Waals surface area contributed by atoms with Crippen molar-refractivity contribution in [1.29, 1.82) is 0 Å². The van der Waals surface area contributed by atoms with Crippen LogP contribution in [0.25, 0.3) is 0 Å². The summed E-state index contributed by atoms with van der Waals surface area (Å²) in [7, 11) is 0. The van der Waals surface area contributed by atoms with Gasteiger partial charge in [0.15, 0.2) is 0 Å². The number of carbonyl (C=O) groups is 2. The summed E-state index contributed by atoms with van der Waals surface area (Å²) in [5.74, 6) is -1.26. The summed E-state index contributed by atoms with van der Waals surface area (Å²) in [6.45, 7) is 6.97. The van der Waals surface area contributed by atoms with Crippen LogP contribution in [0.15, 0.2) is 18.2 Å². The molecule has 1 rings (SSSR count). The van der Waals surface area contributed by atoms with E-state index in [0.717, 1.165) is 49.7 Å². The molecule has 0 fully saturated rings. The van der Waals surface area contributed by atoms with E-state index in [2.05, 4.69) is 0 Å². The van der Waals surface area contributed by atoms with Crippen molar-refractivity contribution in [1.82, 2.24) is 0 Å². The minimum atomic E-state index is -0.779. The maximum atomic E-state index is 11.1. The fourth-order valence-electron chi connectivity index (χ4n) is 2.99. The van der Waals surface area contributed by atoms with Gasteiger partial charge in [0.1, 0.15) is 5.75 Å². The molecule has 5 heteroatoms. The molecule has 1 aromatic carbocycles. The topological polar surface area (TPSA) is 94.8 Å². The molecule has 0 saturated heterocycles. The molecule has 0 saturated carbocycles. The summed E-state index contributed by atoms with van der Waals surface area (Å²) in [4.78, 5) is 22.3. The molecule has 0 aliphatic heterocycles. The summed E-state index contributed by atoms with van der Waals surface area (Å²) in [5, 5.41) is 28.4. The van der Waals surface area contributed by atoms with Gasteiger partial charge in [-0.15, -0.1) is 0 Å². The van der Waals surface area contributed by atoms with E-state index in [-0.39, 0.29) is 5.75 Å². The van der Waals surface area contributed by atoms with E-state index >= 15 is 0 Å². The lowest BCUT2D eigenvalue weighted by Gasteiger charge is -2.19. The highest BCUT2D eigenvalue weighted by atomic mass is 16.4. The summed E-state index contributed by atoms with van der Waals surface area (Å²) >= 11 is 0. The van der Waals surface area contributed by atoms with E-state index in [4.69, 9.17) is 10.2 Å². The van der Waals surface area contributed by atoms with Gasteiger partial charge >= 0.3 is 11.9 Å². The fourth-order valence-corrected chi connectivity index (χ4v) is 2.99. The largest absolute Gasteiger partial charge is 0.508 e. The molecule has 0 amide bonds. The maximum Gasteiger partial charge on any atom is 0.309 e. The maximum absolute atomic E-state index is 11.1. The fraction of sp³-hybridized carbons (Fsp3) is 0.636. The number of rotatable bonds is 12. The molecule has 0 radical (unpaired) electrons. The molecule has 0 atom stereocenters. The van der Waals surface area contributed by atoms with Crippen molar-refractivity contribution >= 4 is 11.9 Å². The van der Waals surface area contributed by atoms with Crippen LogP contribution in [0.1, 0.15) is 77.3 Å². The van der Waals surface area contributed by atoms with Crippen LogP contribution >= 0.6 is 0 Å². The monoisotopic (exact) mass is 378 g/mol. The van der Waals surface area contributed by atoms with E-state index < -0.39 is 22.8 Å². The number of unbranched alkanes of at least 4 members (excludes halogenated alkanes) is 2. The quantitative estimate of drug-likeness (QED) is 0.443. The number of aryl methyl sites for hydroxylation is 2. The minimum Gasteiger partial charge on any atom is -0.508 e. The molecule has 0 aromatic heterocycles. The van der Waals surface area contributed by atoms with Gasteiger partial charge in [0.2, 0.25) is 0 Å². The Morgan fingerprint density at radius 2 is 1.30 bits per heavy atom. The molecule has 3 N–H and O–H groups in total. The van der Waals surface area contributed by atoms with Crippen LogP contribution in [-0.4, -0.2) is 27.3 Å². The number of carboxylic acid groups (broad SMARTS) is 2. The molecule has 0 bridgehead atoms. The Balaban J connectivity index is 2.48. The van der Waals surface area contributed by atoms with Crippen LogP contribution in [0.3, 0.4) is 0 Å². The zero-order valence-electron chi connectivity index (χ0n) is 17.0. The van der Waals surface area contributed by atoms with Gasteiger partial charge in [0.25, 0.3) is 0 Å². The average Bonchev–Trinajstić information content (AvgIpc) is 2.57. The average molecular weight is 379 g/mol. The van der Waals surface area contributed by atoms with Gasteiger partial charge in [0.05, 0.1) is 10.8 Å². The van der Waals surface area contributed by atoms with E-state index in [1.807, 2.05) is 12.1 Å². The Hall–Kier alpha value is -2.04. The minimum absolute atomic E-state index is 0.281. The van der Waals surface area contributed by atoms with Crippen LogP contribution in [0, 0.1) is 10.8 Å². The SMILES string of the molecule is CC(C)(CCCCc1ccc(O)c(CCCCC(C)(C)C(=O)O)c1)C(=O)O. The van der Waals surface area contributed by atoms with Gasteiger partial charge < -0.3 is 15.3 Å². The van der Waals surface area contributed by atoms with Crippen molar-refractivity contribution in [3.05, 3.63) is 29.3 Å². The summed E-state index contributed by atoms with van der Waals surface area (Å²) in [5.41, 5.74) is 0.630. The smallest absolute Gasteiger partial charge is 0.309 e. The third kappa shape index (κ3) is 7.61. The molecular weight excluding hydrogens is 344 g/mol. The Morgan fingerprint density at radius 1 is 0.815 bits per heavy atom. The normalized spacial score (nSPS) is 12.1. The van der Waals surface area contributed by atoms with Crippen LogP contribution < -0.4 is 0 Å². The second kappa shape index (κ2) is 9.77. The number of hydrogen-bond acceptors (Lipinski definition) is 3. The van der Waals surface area contributed by atoms with Crippen LogP contribution in [0.5, 0.6) is 5.75 Å². The van der Waals surface area contributed by atoms with Gasteiger partial charge in [0, 0.05) is 0 Å². The van der Waals surface area contributed by atoms with E-state index in [0.29, 0.717) is 12.8 Å².